The Morgan fingerprint density at radius 1 is 1.06 bits per heavy atom. The molecular formula is C13H10N4O. The predicted molar refractivity (Wildman–Crippen MR) is 69.6 cm³/mol. The molecule has 0 spiro atoms. The third-order valence-corrected chi connectivity index (χ3v) is 2.32. The Hall–Kier alpha value is -2.78. The average Bonchev–Trinajstić information content (AvgIpc) is 2.42. The van der Waals surface area contributed by atoms with Crippen molar-refractivity contribution in [1.29, 1.82) is 0 Å². The molecule has 0 unspecified atom stereocenters. The van der Waals surface area contributed by atoms with Gasteiger partial charge >= 0.3 is 0 Å². The molecule has 0 atom stereocenters. The van der Waals surface area contributed by atoms with E-state index in [1.165, 1.54) is 0 Å². The third kappa shape index (κ3) is 2.87. The normalized spacial score (nSPS) is 9.33. The van der Waals surface area contributed by atoms with Gasteiger partial charge < -0.3 is 5.32 Å². The maximum Gasteiger partial charge on any atom is 0.255 e. The zero-order chi connectivity index (χ0) is 12.8. The van der Waals surface area contributed by atoms with Crippen molar-refractivity contribution in [2.45, 2.75) is 0 Å². The van der Waals surface area contributed by atoms with E-state index in [1.807, 2.05) is 6.07 Å². The molecule has 0 fully saturated rings. The van der Waals surface area contributed by atoms with Gasteiger partial charge in [0.1, 0.15) is 0 Å². The van der Waals surface area contributed by atoms with E-state index in [2.05, 4.69) is 15.3 Å². The lowest BCUT2D eigenvalue weighted by Gasteiger charge is -2.05. The Bertz CT molecular complexity index is 586. The van der Waals surface area contributed by atoms with Crippen LogP contribution in [0.3, 0.4) is 0 Å². The van der Waals surface area contributed by atoms with Crippen LogP contribution in [0.1, 0.15) is 10.4 Å². The second-order valence-corrected chi connectivity index (χ2v) is 3.56. The van der Waals surface area contributed by atoms with Gasteiger partial charge in [0.15, 0.2) is 0 Å². The molecule has 1 amide bonds. The third-order valence-electron chi connectivity index (χ3n) is 2.32. The summed E-state index contributed by atoms with van der Waals surface area (Å²) in [6.45, 7) is 0. The van der Waals surface area contributed by atoms with Gasteiger partial charge in [-0.15, -0.1) is 0 Å². The smallest absolute Gasteiger partial charge is 0.255 e. The lowest BCUT2D eigenvalue weighted by atomic mass is 10.2. The van der Waals surface area contributed by atoms with Crippen LogP contribution in [0.4, 0.5) is 11.4 Å². The van der Waals surface area contributed by atoms with E-state index in [-0.39, 0.29) is 5.91 Å². The van der Waals surface area contributed by atoms with Gasteiger partial charge in [-0.25, -0.2) is 0 Å². The van der Waals surface area contributed by atoms with Crippen molar-refractivity contribution in [3.05, 3.63) is 70.6 Å². The molecule has 0 aromatic heterocycles. The highest BCUT2D eigenvalue weighted by Crippen LogP contribution is 2.17. The lowest BCUT2D eigenvalue weighted by molar-refractivity contribution is 0.102. The number of rotatable bonds is 3. The monoisotopic (exact) mass is 238 g/mol. The van der Waals surface area contributed by atoms with E-state index < -0.39 is 0 Å². The number of amides is 1. The number of hydrogen-bond donors (Lipinski definition) is 1. The van der Waals surface area contributed by atoms with Crippen LogP contribution in [-0.4, -0.2) is 5.91 Å². The minimum atomic E-state index is -0.174. The van der Waals surface area contributed by atoms with E-state index in [4.69, 9.17) is 5.53 Å². The van der Waals surface area contributed by atoms with Crippen LogP contribution < -0.4 is 5.32 Å². The topological polar surface area (TPSA) is 77.9 Å². The van der Waals surface area contributed by atoms with Crippen LogP contribution in [0.15, 0.2) is 59.7 Å². The predicted octanol–water partition coefficient (Wildman–Crippen LogP) is 3.88. The molecule has 0 radical (unpaired) electrons. The second kappa shape index (κ2) is 5.52. The SMILES string of the molecule is [N-]=[N+]=Nc1ccc(NC(=O)c2ccccc2)cc1. The van der Waals surface area contributed by atoms with Crippen molar-refractivity contribution in [1.82, 2.24) is 0 Å². The van der Waals surface area contributed by atoms with Crippen LogP contribution in [0, 0.1) is 0 Å². The van der Waals surface area contributed by atoms with E-state index in [0.29, 0.717) is 16.9 Å². The first-order chi connectivity index (χ1) is 8.79. The van der Waals surface area contributed by atoms with Gasteiger partial charge in [-0.1, -0.05) is 35.4 Å². The zero-order valence-electron chi connectivity index (χ0n) is 9.45. The zero-order valence-corrected chi connectivity index (χ0v) is 9.45. The highest BCUT2D eigenvalue weighted by molar-refractivity contribution is 6.04. The van der Waals surface area contributed by atoms with Gasteiger partial charge in [-0.05, 0) is 29.8 Å². The first kappa shape index (κ1) is 11.7. The Morgan fingerprint density at radius 3 is 2.33 bits per heavy atom. The maximum absolute atomic E-state index is 11.8. The van der Waals surface area contributed by atoms with Gasteiger partial charge in [0.2, 0.25) is 0 Å². The molecule has 2 aromatic carbocycles. The Morgan fingerprint density at radius 2 is 1.72 bits per heavy atom. The quantitative estimate of drug-likeness (QED) is 0.491. The fourth-order valence-corrected chi connectivity index (χ4v) is 1.46. The molecule has 5 heteroatoms. The summed E-state index contributed by atoms with van der Waals surface area (Å²) in [6, 6.07) is 15.6. The van der Waals surface area contributed by atoms with Crippen LogP contribution in [0.5, 0.6) is 0 Å². The van der Waals surface area contributed by atoms with Crippen molar-refractivity contribution in [3.63, 3.8) is 0 Å². The van der Waals surface area contributed by atoms with E-state index >= 15 is 0 Å². The second-order valence-electron chi connectivity index (χ2n) is 3.56. The highest BCUT2D eigenvalue weighted by atomic mass is 16.1. The van der Waals surface area contributed by atoms with Crippen LogP contribution in [0.2, 0.25) is 0 Å². The summed E-state index contributed by atoms with van der Waals surface area (Å²) in [5, 5.41) is 6.21. The van der Waals surface area contributed by atoms with Gasteiger partial charge in [0.25, 0.3) is 5.91 Å². The first-order valence-electron chi connectivity index (χ1n) is 5.31. The minimum absolute atomic E-state index is 0.174. The van der Waals surface area contributed by atoms with Crippen LogP contribution in [0.25, 0.3) is 10.4 Å². The number of hydrogen-bond acceptors (Lipinski definition) is 2. The molecule has 2 aromatic rings. The maximum atomic E-state index is 11.8. The largest absolute Gasteiger partial charge is 0.322 e. The summed E-state index contributed by atoms with van der Waals surface area (Å²) < 4.78 is 0. The molecular weight excluding hydrogens is 228 g/mol. The Kier molecular flexibility index (Phi) is 3.59. The molecule has 0 bridgehead atoms. The number of anilines is 1. The average molecular weight is 238 g/mol. The molecule has 0 aliphatic heterocycles. The molecule has 0 saturated carbocycles. The molecule has 1 N–H and O–H groups in total. The summed E-state index contributed by atoms with van der Waals surface area (Å²) in [5.41, 5.74) is 10.0. The van der Waals surface area contributed by atoms with Gasteiger partial charge in [0, 0.05) is 21.8 Å². The van der Waals surface area contributed by atoms with E-state index in [0.717, 1.165) is 0 Å². The van der Waals surface area contributed by atoms with Crippen LogP contribution in [-0.2, 0) is 0 Å². The Labute approximate surface area is 104 Å². The van der Waals surface area contributed by atoms with E-state index in [1.54, 1.807) is 48.5 Å². The van der Waals surface area contributed by atoms with E-state index in [9.17, 15) is 4.79 Å². The van der Waals surface area contributed by atoms with Gasteiger partial charge in [-0.2, -0.15) is 0 Å². The lowest BCUT2D eigenvalue weighted by Crippen LogP contribution is -2.11. The summed E-state index contributed by atoms with van der Waals surface area (Å²) in [7, 11) is 0. The van der Waals surface area contributed by atoms with Crippen molar-refractivity contribution in [3.8, 4) is 0 Å². The number of azide groups is 1. The number of carbonyl (C=O) groups is 1. The van der Waals surface area contributed by atoms with Crippen molar-refractivity contribution >= 4 is 17.3 Å². The minimum Gasteiger partial charge on any atom is -0.322 e. The number of benzene rings is 2. The number of nitrogens with zero attached hydrogens (tertiary/aromatic N) is 3. The Balaban J connectivity index is 2.10. The van der Waals surface area contributed by atoms with Crippen molar-refractivity contribution < 1.29 is 4.79 Å². The van der Waals surface area contributed by atoms with Crippen molar-refractivity contribution in [2.24, 2.45) is 5.11 Å². The first-order valence-corrected chi connectivity index (χ1v) is 5.31. The number of nitrogens with one attached hydrogen (secondary N) is 1. The molecule has 88 valence electrons. The summed E-state index contributed by atoms with van der Waals surface area (Å²) in [6.07, 6.45) is 0. The molecule has 2 rings (SSSR count). The summed E-state index contributed by atoms with van der Waals surface area (Å²) >= 11 is 0. The summed E-state index contributed by atoms with van der Waals surface area (Å²) in [4.78, 5) is 14.5. The molecule has 5 nitrogen and oxygen atoms in total. The highest BCUT2D eigenvalue weighted by Gasteiger charge is 2.04. The fourth-order valence-electron chi connectivity index (χ4n) is 1.46. The van der Waals surface area contributed by atoms with Gasteiger partial charge in [-0.3, -0.25) is 4.79 Å². The molecule has 0 saturated heterocycles. The van der Waals surface area contributed by atoms with Crippen molar-refractivity contribution in [2.75, 3.05) is 5.32 Å². The number of carbonyl (C=O) groups excluding carboxylic acids is 1. The standard InChI is InChI=1S/C13H10N4O/c14-17-16-12-8-6-11(7-9-12)15-13(18)10-4-2-1-3-5-10/h1-9H,(H,15,18). The molecule has 0 aliphatic rings. The summed E-state index contributed by atoms with van der Waals surface area (Å²) in [5.74, 6) is -0.174. The molecule has 0 heterocycles. The van der Waals surface area contributed by atoms with Gasteiger partial charge in [0.05, 0.1) is 0 Å². The molecule has 18 heavy (non-hydrogen) atoms. The molecule has 0 aliphatic carbocycles. The fraction of sp³-hybridized carbons (Fsp3) is 0. The van der Waals surface area contributed by atoms with Crippen LogP contribution >= 0.6 is 0 Å².